The van der Waals surface area contributed by atoms with Crippen LogP contribution in [0.5, 0.6) is 0 Å². The molecule has 0 saturated heterocycles. The zero-order valence-corrected chi connectivity index (χ0v) is 14.9. The van der Waals surface area contributed by atoms with Gasteiger partial charge in [0.25, 0.3) is 0 Å². The number of aryl methyl sites for hydroxylation is 1. The van der Waals surface area contributed by atoms with Gasteiger partial charge in [0.15, 0.2) is 0 Å². The van der Waals surface area contributed by atoms with Crippen LogP contribution in [-0.4, -0.2) is 20.5 Å². The molecule has 1 fully saturated rings. The molecule has 0 aliphatic heterocycles. The van der Waals surface area contributed by atoms with Crippen molar-refractivity contribution in [1.29, 1.82) is 0 Å². The molecule has 120 valence electrons. The second-order valence-electron chi connectivity index (χ2n) is 6.17. The van der Waals surface area contributed by atoms with Crippen LogP contribution in [0.1, 0.15) is 49.8 Å². The molecular formula is C15H26N2O2S2. The summed E-state index contributed by atoms with van der Waals surface area (Å²) >= 11 is 1.57. The van der Waals surface area contributed by atoms with E-state index in [4.69, 9.17) is 0 Å². The molecule has 0 amide bonds. The van der Waals surface area contributed by atoms with Crippen LogP contribution >= 0.6 is 11.3 Å². The highest BCUT2D eigenvalue weighted by Crippen LogP contribution is 2.27. The average molecular weight is 331 g/mol. The number of rotatable bonds is 8. The first-order chi connectivity index (χ1) is 9.83. The lowest BCUT2D eigenvalue weighted by Gasteiger charge is -2.20. The fourth-order valence-corrected chi connectivity index (χ4v) is 5.42. The quantitative estimate of drug-likeness (QED) is 0.770. The van der Waals surface area contributed by atoms with Crippen molar-refractivity contribution >= 4 is 21.4 Å². The predicted molar refractivity (Wildman–Crippen MR) is 88.2 cm³/mol. The summed E-state index contributed by atoms with van der Waals surface area (Å²) in [6.07, 6.45) is 3.28. The molecule has 1 unspecified atom stereocenters. The molecule has 2 rings (SSSR count). The molecule has 1 aliphatic rings. The molecule has 1 atom stereocenters. The third-order valence-electron chi connectivity index (χ3n) is 3.91. The van der Waals surface area contributed by atoms with Crippen molar-refractivity contribution in [2.45, 2.75) is 70.5 Å². The summed E-state index contributed by atoms with van der Waals surface area (Å²) in [7, 11) is -3.42. The van der Waals surface area contributed by atoms with E-state index in [-0.39, 0.29) is 6.04 Å². The smallest absolute Gasteiger partial charge is 0.241 e. The Kier molecular flexibility index (Phi) is 5.46. The fraction of sp³-hybridized carbons (Fsp3) is 0.733. The zero-order valence-electron chi connectivity index (χ0n) is 13.3. The van der Waals surface area contributed by atoms with Crippen molar-refractivity contribution in [2.24, 2.45) is 5.92 Å². The minimum absolute atomic E-state index is 0.0117. The minimum atomic E-state index is -3.42. The first kappa shape index (κ1) is 16.9. The van der Waals surface area contributed by atoms with Crippen molar-refractivity contribution in [3.63, 3.8) is 0 Å². The van der Waals surface area contributed by atoms with E-state index in [1.807, 2.05) is 33.8 Å². The first-order valence-corrected chi connectivity index (χ1v) is 9.98. The maximum absolute atomic E-state index is 12.6. The normalized spacial score (nSPS) is 17.4. The van der Waals surface area contributed by atoms with Crippen molar-refractivity contribution in [3.8, 4) is 0 Å². The van der Waals surface area contributed by atoms with Gasteiger partial charge in [0.2, 0.25) is 10.0 Å². The Balaban J connectivity index is 2.10. The highest BCUT2D eigenvalue weighted by atomic mass is 32.2. The van der Waals surface area contributed by atoms with E-state index in [0.29, 0.717) is 16.9 Å². The standard InChI is InChI=1S/C15H26N2O2S2/c1-5-14(10(2)3)17-21(18,19)15-8-13(20-11(15)4)9-16-12-6-7-12/h8,10,12,14,16-17H,5-7,9H2,1-4H3. The summed E-state index contributed by atoms with van der Waals surface area (Å²) in [5.74, 6) is 0.291. The molecule has 1 aliphatic carbocycles. The molecule has 2 N–H and O–H groups in total. The van der Waals surface area contributed by atoms with Gasteiger partial charge in [-0.3, -0.25) is 0 Å². The summed E-state index contributed by atoms with van der Waals surface area (Å²) in [5.41, 5.74) is 0. The van der Waals surface area contributed by atoms with Crippen LogP contribution in [0.2, 0.25) is 0 Å². The molecular weight excluding hydrogens is 304 g/mol. The average Bonchev–Trinajstić information content (AvgIpc) is 3.15. The third-order valence-corrected chi connectivity index (χ3v) is 6.70. The summed E-state index contributed by atoms with van der Waals surface area (Å²) < 4.78 is 28.0. The molecule has 0 spiro atoms. The molecule has 1 aromatic rings. The number of hydrogen-bond acceptors (Lipinski definition) is 4. The summed E-state index contributed by atoms with van der Waals surface area (Å²) in [6.45, 7) is 8.76. The Morgan fingerprint density at radius 1 is 1.38 bits per heavy atom. The Morgan fingerprint density at radius 2 is 2.05 bits per heavy atom. The molecule has 1 heterocycles. The van der Waals surface area contributed by atoms with Gasteiger partial charge in [0, 0.05) is 28.4 Å². The van der Waals surface area contributed by atoms with E-state index in [1.54, 1.807) is 11.3 Å². The van der Waals surface area contributed by atoms with Gasteiger partial charge in [-0.05, 0) is 38.2 Å². The fourth-order valence-electron chi connectivity index (χ4n) is 2.36. The predicted octanol–water partition coefficient (Wildman–Crippen LogP) is 3.02. The maximum atomic E-state index is 12.6. The van der Waals surface area contributed by atoms with Gasteiger partial charge in [-0.1, -0.05) is 20.8 Å². The molecule has 0 bridgehead atoms. The van der Waals surface area contributed by atoms with Crippen LogP contribution in [0.15, 0.2) is 11.0 Å². The summed E-state index contributed by atoms with van der Waals surface area (Å²) in [4.78, 5) is 2.41. The lowest BCUT2D eigenvalue weighted by Crippen LogP contribution is -2.38. The van der Waals surface area contributed by atoms with Gasteiger partial charge < -0.3 is 5.32 Å². The second kappa shape index (κ2) is 6.77. The highest BCUT2D eigenvalue weighted by Gasteiger charge is 2.25. The Hall–Kier alpha value is -0.430. The van der Waals surface area contributed by atoms with Crippen LogP contribution < -0.4 is 10.0 Å². The minimum Gasteiger partial charge on any atom is -0.309 e. The third kappa shape index (κ3) is 4.52. The monoisotopic (exact) mass is 330 g/mol. The van der Waals surface area contributed by atoms with E-state index in [1.165, 1.54) is 12.8 Å². The number of sulfonamides is 1. The Bertz CT molecular complexity index is 574. The SMILES string of the molecule is CCC(NS(=O)(=O)c1cc(CNC2CC2)sc1C)C(C)C. The van der Waals surface area contributed by atoms with Crippen molar-refractivity contribution < 1.29 is 8.42 Å². The van der Waals surface area contributed by atoms with Crippen LogP contribution in [0.3, 0.4) is 0 Å². The van der Waals surface area contributed by atoms with Crippen molar-refractivity contribution in [2.75, 3.05) is 0 Å². The van der Waals surface area contributed by atoms with Gasteiger partial charge in [-0.25, -0.2) is 13.1 Å². The molecule has 1 aromatic heterocycles. The van der Waals surface area contributed by atoms with E-state index in [0.717, 1.165) is 22.7 Å². The lowest BCUT2D eigenvalue weighted by atomic mass is 10.0. The number of hydrogen-bond donors (Lipinski definition) is 2. The summed E-state index contributed by atoms with van der Waals surface area (Å²) in [5, 5.41) is 3.43. The number of thiophene rings is 1. The van der Waals surface area contributed by atoms with Gasteiger partial charge in [0.05, 0.1) is 4.90 Å². The van der Waals surface area contributed by atoms with Crippen LogP contribution in [0.4, 0.5) is 0 Å². The number of nitrogens with one attached hydrogen (secondary N) is 2. The topological polar surface area (TPSA) is 58.2 Å². The van der Waals surface area contributed by atoms with Crippen LogP contribution in [-0.2, 0) is 16.6 Å². The molecule has 0 aromatic carbocycles. The maximum Gasteiger partial charge on any atom is 0.241 e. The van der Waals surface area contributed by atoms with E-state index < -0.39 is 10.0 Å². The molecule has 6 heteroatoms. The second-order valence-corrected chi connectivity index (χ2v) is 9.19. The molecule has 0 radical (unpaired) electrons. The summed E-state index contributed by atoms with van der Waals surface area (Å²) in [6, 6.07) is 2.45. The molecule has 4 nitrogen and oxygen atoms in total. The van der Waals surface area contributed by atoms with Crippen molar-refractivity contribution in [3.05, 3.63) is 15.8 Å². The zero-order chi connectivity index (χ0) is 15.6. The van der Waals surface area contributed by atoms with Gasteiger partial charge in [-0.2, -0.15) is 0 Å². The van der Waals surface area contributed by atoms with E-state index in [2.05, 4.69) is 10.0 Å². The molecule has 21 heavy (non-hydrogen) atoms. The van der Waals surface area contributed by atoms with Gasteiger partial charge in [0.1, 0.15) is 0 Å². The largest absolute Gasteiger partial charge is 0.309 e. The van der Waals surface area contributed by atoms with Gasteiger partial charge in [-0.15, -0.1) is 11.3 Å². The van der Waals surface area contributed by atoms with Gasteiger partial charge >= 0.3 is 0 Å². The van der Waals surface area contributed by atoms with E-state index >= 15 is 0 Å². The first-order valence-electron chi connectivity index (χ1n) is 7.68. The molecule has 1 saturated carbocycles. The Morgan fingerprint density at radius 3 is 2.57 bits per heavy atom. The van der Waals surface area contributed by atoms with E-state index in [9.17, 15) is 8.42 Å². The highest BCUT2D eigenvalue weighted by molar-refractivity contribution is 7.89. The van der Waals surface area contributed by atoms with Crippen LogP contribution in [0.25, 0.3) is 0 Å². The Labute approximate surface area is 132 Å². The van der Waals surface area contributed by atoms with Crippen LogP contribution in [0, 0.1) is 12.8 Å². The van der Waals surface area contributed by atoms with Crippen molar-refractivity contribution in [1.82, 2.24) is 10.0 Å². The lowest BCUT2D eigenvalue weighted by molar-refractivity contribution is 0.437.